The van der Waals surface area contributed by atoms with Crippen LogP contribution in [0, 0.1) is 6.92 Å². The molecule has 4 aromatic rings. The Balaban J connectivity index is 1.18. The van der Waals surface area contributed by atoms with Crippen LogP contribution in [-0.4, -0.2) is 37.4 Å². The predicted octanol–water partition coefficient (Wildman–Crippen LogP) is 7.87. The zero-order chi connectivity index (χ0) is 31.9. The summed E-state index contributed by atoms with van der Waals surface area (Å²) in [5, 5.41) is 15.5. The van der Waals surface area contributed by atoms with Gasteiger partial charge in [0.1, 0.15) is 24.7 Å². The van der Waals surface area contributed by atoms with Crippen LogP contribution in [0.15, 0.2) is 90.5 Å². The smallest absolute Gasteiger partial charge is 0.407 e. The molecular weight excluding hydrogens is 564 g/mol. The fraction of sp³-hybridized carbons (Fsp3) is 0.211. The maximum absolute atomic E-state index is 12.7. The first-order valence-corrected chi connectivity index (χ1v) is 14.9. The highest BCUT2D eigenvalue weighted by atomic mass is 16.5. The summed E-state index contributed by atoms with van der Waals surface area (Å²) in [6.45, 7) is 6.04. The van der Waals surface area contributed by atoms with E-state index in [4.69, 9.17) is 9.47 Å². The number of alkyl carbamates (subject to hydrolysis) is 1. The fourth-order valence-electron chi connectivity index (χ4n) is 5.66. The van der Waals surface area contributed by atoms with Crippen molar-refractivity contribution in [3.05, 3.63) is 124 Å². The Morgan fingerprint density at radius 3 is 2.27 bits per heavy atom. The number of ether oxygens (including phenoxy) is 2. The van der Waals surface area contributed by atoms with E-state index in [9.17, 15) is 14.7 Å². The lowest BCUT2D eigenvalue weighted by Gasteiger charge is -2.15. The van der Waals surface area contributed by atoms with E-state index in [-0.39, 0.29) is 24.8 Å². The molecule has 7 heteroatoms. The molecule has 0 aromatic heterocycles. The van der Waals surface area contributed by atoms with Gasteiger partial charge in [-0.15, -0.1) is 0 Å². The number of allylic oxidation sites excluding steroid dienone is 2. The Morgan fingerprint density at radius 2 is 1.60 bits per heavy atom. The lowest BCUT2D eigenvalue weighted by Crippen LogP contribution is -2.34. The summed E-state index contributed by atoms with van der Waals surface area (Å²) in [7, 11) is 1.53. The van der Waals surface area contributed by atoms with E-state index in [0.717, 1.165) is 50.9 Å². The van der Waals surface area contributed by atoms with Gasteiger partial charge in [0.05, 0.1) is 12.8 Å². The number of benzene rings is 4. The lowest BCUT2D eigenvalue weighted by molar-refractivity contribution is -0.115. The summed E-state index contributed by atoms with van der Waals surface area (Å²) >= 11 is 0. The molecule has 45 heavy (non-hydrogen) atoms. The highest BCUT2D eigenvalue weighted by Crippen LogP contribution is 2.44. The van der Waals surface area contributed by atoms with Gasteiger partial charge in [0, 0.05) is 5.92 Å². The Morgan fingerprint density at radius 1 is 0.911 bits per heavy atom. The molecule has 3 N–H and O–H groups in total. The summed E-state index contributed by atoms with van der Waals surface area (Å²) in [4.78, 5) is 25.2. The SMILES string of the molecule is COc1cc(/C=C/c2cc(O)cc(C)c2CC=C(C)C)ccc1NC(=O)CNC(=O)OCC1c2ccccc2-c2ccccc21. The zero-order valence-electron chi connectivity index (χ0n) is 26.0. The second-order valence-electron chi connectivity index (χ2n) is 11.3. The Labute approximate surface area is 264 Å². The van der Waals surface area contributed by atoms with E-state index in [1.54, 1.807) is 18.2 Å². The monoisotopic (exact) mass is 602 g/mol. The number of nitrogens with one attached hydrogen (secondary N) is 2. The quantitative estimate of drug-likeness (QED) is 0.127. The van der Waals surface area contributed by atoms with Crippen LogP contribution in [0.1, 0.15) is 53.1 Å². The van der Waals surface area contributed by atoms with Crippen molar-refractivity contribution in [3.8, 4) is 22.6 Å². The number of rotatable bonds is 10. The van der Waals surface area contributed by atoms with Gasteiger partial charge in [-0.2, -0.15) is 0 Å². The molecule has 1 aliphatic carbocycles. The van der Waals surface area contributed by atoms with Crippen LogP contribution < -0.4 is 15.4 Å². The van der Waals surface area contributed by atoms with Crippen molar-refractivity contribution in [2.45, 2.75) is 33.1 Å². The van der Waals surface area contributed by atoms with Crippen LogP contribution in [0.3, 0.4) is 0 Å². The molecule has 2 amide bonds. The summed E-state index contributed by atoms with van der Waals surface area (Å²) in [6.07, 6.45) is 6.18. The molecule has 0 fully saturated rings. The molecule has 0 aliphatic heterocycles. The molecule has 0 radical (unpaired) electrons. The highest BCUT2D eigenvalue weighted by molar-refractivity contribution is 5.95. The van der Waals surface area contributed by atoms with Crippen LogP contribution in [-0.2, 0) is 16.0 Å². The van der Waals surface area contributed by atoms with E-state index in [1.165, 1.54) is 12.7 Å². The average Bonchev–Trinajstić information content (AvgIpc) is 3.35. The molecule has 5 rings (SSSR count). The van der Waals surface area contributed by atoms with Crippen LogP contribution in [0.5, 0.6) is 11.5 Å². The third-order valence-electron chi connectivity index (χ3n) is 7.90. The molecule has 0 unspecified atom stereocenters. The zero-order valence-corrected chi connectivity index (χ0v) is 26.0. The molecule has 4 aromatic carbocycles. The first kappa shape index (κ1) is 31.1. The fourth-order valence-corrected chi connectivity index (χ4v) is 5.66. The number of aromatic hydroxyl groups is 1. The maximum Gasteiger partial charge on any atom is 0.407 e. The molecule has 1 aliphatic rings. The van der Waals surface area contributed by atoms with Crippen LogP contribution >= 0.6 is 0 Å². The van der Waals surface area contributed by atoms with E-state index in [1.807, 2.05) is 55.5 Å². The maximum atomic E-state index is 12.7. The van der Waals surface area contributed by atoms with Crippen molar-refractivity contribution >= 4 is 29.8 Å². The Hall–Kier alpha value is -5.30. The van der Waals surface area contributed by atoms with Crippen LogP contribution in [0.2, 0.25) is 0 Å². The van der Waals surface area contributed by atoms with Gasteiger partial charge in [-0.05, 0) is 96.0 Å². The number of amides is 2. The molecule has 0 spiro atoms. The van der Waals surface area contributed by atoms with Gasteiger partial charge in [0.15, 0.2) is 0 Å². The van der Waals surface area contributed by atoms with Crippen LogP contribution in [0.4, 0.5) is 10.5 Å². The van der Waals surface area contributed by atoms with Crippen molar-refractivity contribution < 1.29 is 24.2 Å². The molecule has 0 atom stereocenters. The number of hydrogen-bond acceptors (Lipinski definition) is 5. The molecule has 0 saturated heterocycles. The predicted molar refractivity (Wildman–Crippen MR) is 180 cm³/mol. The number of carbonyl (C=O) groups is 2. The number of methoxy groups -OCH3 is 1. The third kappa shape index (κ3) is 7.44. The van der Waals surface area contributed by atoms with Gasteiger partial charge >= 0.3 is 6.09 Å². The summed E-state index contributed by atoms with van der Waals surface area (Å²) in [5.41, 5.74) is 10.2. The van der Waals surface area contributed by atoms with E-state index in [0.29, 0.717) is 11.4 Å². The molecule has 7 nitrogen and oxygen atoms in total. The number of hydrogen-bond donors (Lipinski definition) is 3. The molecule has 0 saturated carbocycles. The summed E-state index contributed by atoms with van der Waals surface area (Å²) in [5.74, 6) is 0.220. The highest BCUT2D eigenvalue weighted by Gasteiger charge is 2.29. The van der Waals surface area contributed by atoms with Gasteiger partial charge in [0.2, 0.25) is 5.91 Å². The van der Waals surface area contributed by atoms with E-state index >= 15 is 0 Å². The van der Waals surface area contributed by atoms with Gasteiger partial charge in [0.25, 0.3) is 0 Å². The van der Waals surface area contributed by atoms with E-state index in [2.05, 4.69) is 54.8 Å². The standard InChI is InChI=1S/C38H38N2O5/c1-24(2)13-17-29-25(3)19-28(41)21-27(29)16-14-26-15-18-35(36(20-26)44-4)40-37(42)22-39-38(43)45-23-34-32-11-7-5-9-30(32)31-10-6-8-12-33(31)34/h5-16,18-21,34,41H,17,22-23H2,1-4H3,(H,39,43)(H,40,42)/b16-14+. The third-order valence-corrected chi connectivity index (χ3v) is 7.90. The Bertz CT molecular complexity index is 1740. The lowest BCUT2D eigenvalue weighted by atomic mass is 9.96. The normalized spacial score (nSPS) is 11.9. The number of aryl methyl sites for hydroxylation is 1. The molecular formula is C38H38N2O5. The molecule has 230 valence electrons. The van der Waals surface area contributed by atoms with Crippen molar-refractivity contribution in [1.82, 2.24) is 5.32 Å². The van der Waals surface area contributed by atoms with Crippen LogP contribution in [0.25, 0.3) is 23.3 Å². The summed E-state index contributed by atoms with van der Waals surface area (Å²) in [6, 6.07) is 25.2. The first-order valence-electron chi connectivity index (χ1n) is 14.9. The second-order valence-corrected chi connectivity index (χ2v) is 11.3. The first-order chi connectivity index (χ1) is 21.7. The average molecular weight is 603 g/mol. The molecule has 0 bridgehead atoms. The van der Waals surface area contributed by atoms with Crippen molar-refractivity contribution in [1.29, 1.82) is 0 Å². The van der Waals surface area contributed by atoms with Gasteiger partial charge in [-0.25, -0.2) is 4.79 Å². The van der Waals surface area contributed by atoms with Gasteiger partial charge < -0.3 is 25.2 Å². The number of phenolic OH excluding ortho intramolecular Hbond substituents is 1. The summed E-state index contributed by atoms with van der Waals surface area (Å²) < 4.78 is 11.1. The topological polar surface area (TPSA) is 96.9 Å². The minimum absolute atomic E-state index is 0.0608. The number of carbonyl (C=O) groups excluding carboxylic acids is 2. The number of phenols is 1. The number of fused-ring (bicyclic) bond motifs is 3. The van der Waals surface area contributed by atoms with Crippen molar-refractivity contribution in [2.75, 3.05) is 25.6 Å². The van der Waals surface area contributed by atoms with Crippen molar-refractivity contribution in [2.24, 2.45) is 0 Å². The Kier molecular flexibility index (Phi) is 9.68. The minimum Gasteiger partial charge on any atom is -0.508 e. The minimum atomic E-state index is -0.661. The van der Waals surface area contributed by atoms with Gasteiger partial charge in [-0.3, -0.25) is 4.79 Å². The second kappa shape index (κ2) is 14.0. The van der Waals surface area contributed by atoms with Crippen molar-refractivity contribution in [3.63, 3.8) is 0 Å². The van der Waals surface area contributed by atoms with E-state index < -0.39 is 12.0 Å². The van der Waals surface area contributed by atoms with Gasteiger partial charge in [-0.1, -0.05) is 78.4 Å². The largest absolute Gasteiger partial charge is 0.508 e. The number of anilines is 1. The molecule has 0 heterocycles.